The minimum atomic E-state index is -0.0332. The number of pyridine rings is 1. The molecular formula is C12H7ClN2OSe. The maximum atomic E-state index is 12.2. The second-order valence-electron chi connectivity index (χ2n) is 3.52. The Labute approximate surface area is 108 Å². The average Bonchev–Trinajstić information content (AvgIpc) is 2.69. The molecule has 3 aromatic rings. The molecule has 3 rings (SSSR count). The van der Waals surface area contributed by atoms with Gasteiger partial charge in [0, 0.05) is 0 Å². The van der Waals surface area contributed by atoms with Gasteiger partial charge >= 0.3 is 108 Å². The number of halogens is 1. The number of aromatic nitrogens is 2. The molecule has 2 heterocycles. The summed E-state index contributed by atoms with van der Waals surface area (Å²) in [7, 11) is 0. The summed E-state index contributed by atoms with van der Waals surface area (Å²) < 4.78 is 2.82. The van der Waals surface area contributed by atoms with E-state index in [1.807, 2.05) is 24.3 Å². The third-order valence-electron chi connectivity index (χ3n) is 2.41. The molecule has 2 aromatic heterocycles. The predicted molar refractivity (Wildman–Crippen MR) is 69.3 cm³/mol. The van der Waals surface area contributed by atoms with Crippen molar-refractivity contribution in [2.24, 2.45) is 0 Å². The molecule has 0 unspecified atom stereocenters. The number of benzene rings is 1. The fourth-order valence-electron chi connectivity index (χ4n) is 1.61. The molecule has 0 radical (unpaired) electrons. The van der Waals surface area contributed by atoms with Crippen LogP contribution in [-0.2, 0) is 0 Å². The van der Waals surface area contributed by atoms with E-state index in [2.05, 4.69) is 4.98 Å². The minimum absolute atomic E-state index is 0.0235. The third-order valence-corrected chi connectivity index (χ3v) is 4.92. The summed E-state index contributed by atoms with van der Waals surface area (Å²) in [5, 5.41) is 1.36. The van der Waals surface area contributed by atoms with Crippen molar-refractivity contribution in [3.05, 3.63) is 58.0 Å². The molecule has 1 aromatic carbocycles. The summed E-state index contributed by atoms with van der Waals surface area (Å²) in [6.07, 6.45) is 1.56. The van der Waals surface area contributed by atoms with Gasteiger partial charge in [0.05, 0.1) is 0 Å². The van der Waals surface area contributed by atoms with Gasteiger partial charge in [-0.3, -0.25) is 0 Å². The van der Waals surface area contributed by atoms with Crippen LogP contribution in [0.4, 0.5) is 0 Å². The van der Waals surface area contributed by atoms with Gasteiger partial charge in [-0.15, -0.1) is 0 Å². The Hall–Kier alpha value is -1.35. The molecule has 0 aliphatic heterocycles. The number of hydrogen-bond acceptors (Lipinski definition) is 2. The van der Waals surface area contributed by atoms with Crippen LogP contribution in [0, 0.1) is 0 Å². The van der Waals surface area contributed by atoms with Crippen LogP contribution in [0.5, 0.6) is 0 Å². The van der Waals surface area contributed by atoms with Crippen molar-refractivity contribution >= 4 is 36.0 Å². The van der Waals surface area contributed by atoms with Crippen LogP contribution in [0.3, 0.4) is 0 Å². The van der Waals surface area contributed by atoms with Gasteiger partial charge in [0.25, 0.3) is 0 Å². The van der Waals surface area contributed by atoms with E-state index in [4.69, 9.17) is 11.6 Å². The molecular weight excluding hydrogens is 303 g/mol. The molecule has 0 saturated heterocycles. The second kappa shape index (κ2) is 4.15. The maximum absolute atomic E-state index is 12.2. The normalized spacial score (nSPS) is 10.9. The van der Waals surface area contributed by atoms with Gasteiger partial charge in [-0.1, -0.05) is 0 Å². The average molecular weight is 310 g/mol. The summed E-state index contributed by atoms with van der Waals surface area (Å²) in [4.78, 5) is 16.3. The first-order valence-electron chi connectivity index (χ1n) is 4.99. The third kappa shape index (κ3) is 1.84. The molecule has 0 aliphatic carbocycles. The molecule has 5 heteroatoms. The number of rotatable bonds is 1. The quantitative estimate of drug-likeness (QED) is 0.645. The van der Waals surface area contributed by atoms with Gasteiger partial charge in [-0.05, 0) is 0 Å². The number of hydrogen-bond donors (Lipinski definition) is 0. The summed E-state index contributed by atoms with van der Waals surface area (Å²) in [5.41, 5.74) is 0.0235. The van der Waals surface area contributed by atoms with E-state index in [1.54, 1.807) is 21.9 Å². The molecule has 0 aliphatic rings. The van der Waals surface area contributed by atoms with E-state index in [0.29, 0.717) is 10.8 Å². The zero-order valence-corrected chi connectivity index (χ0v) is 11.1. The van der Waals surface area contributed by atoms with Crippen molar-refractivity contribution in [3.8, 4) is 5.82 Å². The van der Waals surface area contributed by atoms with Crippen molar-refractivity contribution in [1.29, 1.82) is 0 Å². The van der Waals surface area contributed by atoms with Crippen LogP contribution in [0.25, 0.3) is 15.5 Å². The molecule has 0 N–H and O–H groups in total. The van der Waals surface area contributed by atoms with Gasteiger partial charge in [0.1, 0.15) is 0 Å². The standard InChI is InChI=1S/C12H7ClN2OSe/c13-8-5-6-11(14-7-8)15-12(16)9-3-1-2-4-10(9)17-15/h1-7H. The zero-order valence-electron chi connectivity index (χ0n) is 8.63. The van der Waals surface area contributed by atoms with E-state index < -0.39 is 0 Å². The van der Waals surface area contributed by atoms with Crippen LogP contribution in [0.1, 0.15) is 0 Å². The SMILES string of the molecule is O=c1c2ccccc2[se]n1-c1ccc(Cl)cn1. The summed E-state index contributed by atoms with van der Waals surface area (Å²) in [5.74, 6) is 0.663. The second-order valence-corrected chi connectivity index (χ2v) is 6.03. The van der Waals surface area contributed by atoms with Gasteiger partial charge in [-0.25, -0.2) is 0 Å². The van der Waals surface area contributed by atoms with Crippen molar-refractivity contribution in [1.82, 2.24) is 8.55 Å². The number of nitrogens with zero attached hydrogens (tertiary/aromatic N) is 2. The molecule has 0 atom stereocenters. The van der Waals surface area contributed by atoms with Gasteiger partial charge in [0.15, 0.2) is 0 Å². The topological polar surface area (TPSA) is 34.9 Å². The Morgan fingerprint density at radius 2 is 2.00 bits per heavy atom. The molecule has 0 bridgehead atoms. The van der Waals surface area contributed by atoms with E-state index in [0.717, 1.165) is 9.65 Å². The van der Waals surface area contributed by atoms with Gasteiger partial charge in [-0.2, -0.15) is 0 Å². The van der Waals surface area contributed by atoms with Crippen molar-refractivity contribution in [3.63, 3.8) is 0 Å². The molecule has 0 fully saturated rings. The predicted octanol–water partition coefficient (Wildman–Crippen LogP) is 2.10. The fraction of sp³-hybridized carbons (Fsp3) is 0. The van der Waals surface area contributed by atoms with Crippen molar-refractivity contribution in [2.75, 3.05) is 0 Å². The van der Waals surface area contributed by atoms with Crippen LogP contribution in [0.15, 0.2) is 47.4 Å². The summed E-state index contributed by atoms with van der Waals surface area (Å²) in [6.45, 7) is 0. The summed E-state index contributed by atoms with van der Waals surface area (Å²) in [6, 6.07) is 11.2. The van der Waals surface area contributed by atoms with Gasteiger partial charge in [0.2, 0.25) is 0 Å². The van der Waals surface area contributed by atoms with E-state index in [9.17, 15) is 4.79 Å². The van der Waals surface area contributed by atoms with E-state index in [-0.39, 0.29) is 20.3 Å². The first-order chi connectivity index (χ1) is 8.25. The Balaban J connectivity index is 2.27. The molecule has 84 valence electrons. The number of fused-ring (bicyclic) bond motifs is 1. The molecule has 3 nitrogen and oxygen atoms in total. The fourth-order valence-corrected chi connectivity index (χ4v) is 3.76. The Morgan fingerprint density at radius 1 is 1.18 bits per heavy atom. The van der Waals surface area contributed by atoms with Crippen molar-refractivity contribution in [2.45, 2.75) is 0 Å². The van der Waals surface area contributed by atoms with Crippen LogP contribution in [-0.4, -0.2) is 23.3 Å². The summed E-state index contributed by atoms with van der Waals surface area (Å²) >= 11 is 5.75. The first kappa shape index (κ1) is 10.8. The van der Waals surface area contributed by atoms with Crippen LogP contribution < -0.4 is 5.56 Å². The first-order valence-corrected chi connectivity index (χ1v) is 6.99. The monoisotopic (exact) mass is 310 g/mol. The Kier molecular flexibility index (Phi) is 2.63. The molecule has 0 spiro atoms. The van der Waals surface area contributed by atoms with E-state index >= 15 is 0 Å². The Morgan fingerprint density at radius 3 is 2.71 bits per heavy atom. The Bertz CT molecular complexity index is 730. The molecule has 0 amide bonds. The van der Waals surface area contributed by atoms with Gasteiger partial charge < -0.3 is 0 Å². The molecule has 0 saturated carbocycles. The molecule has 17 heavy (non-hydrogen) atoms. The zero-order chi connectivity index (χ0) is 11.8. The van der Waals surface area contributed by atoms with Crippen LogP contribution in [0.2, 0.25) is 5.02 Å². The van der Waals surface area contributed by atoms with E-state index in [1.165, 1.54) is 0 Å². The van der Waals surface area contributed by atoms with Crippen LogP contribution >= 0.6 is 11.6 Å². The van der Waals surface area contributed by atoms with Crippen molar-refractivity contribution < 1.29 is 0 Å².